The Kier molecular flexibility index (Phi) is 3.75. The first-order chi connectivity index (χ1) is 9.53. The van der Waals surface area contributed by atoms with Crippen LogP contribution in [0.4, 0.5) is 0 Å². The highest BCUT2D eigenvalue weighted by molar-refractivity contribution is 8.01. The zero-order valence-corrected chi connectivity index (χ0v) is 12.5. The maximum Gasteiger partial charge on any atom is 0.233 e. The molecule has 20 heavy (non-hydrogen) atoms. The maximum atomic E-state index is 12.2. The molecule has 0 saturated carbocycles. The molecule has 1 saturated heterocycles. The lowest BCUT2D eigenvalue weighted by Crippen LogP contribution is -2.39. The second-order valence-electron chi connectivity index (χ2n) is 5.61. The van der Waals surface area contributed by atoms with E-state index in [0.717, 1.165) is 6.42 Å². The molecule has 1 aromatic carbocycles. The number of carbonyl (C=O) groups is 1. The molecule has 3 rings (SSSR count). The predicted octanol–water partition coefficient (Wildman–Crippen LogP) is 1.97. The Morgan fingerprint density at radius 3 is 2.95 bits per heavy atom. The van der Waals surface area contributed by atoms with Gasteiger partial charge in [-0.2, -0.15) is 0 Å². The minimum atomic E-state index is -0.534. The number of fused-ring (bicyclic) bond motifs is 1. The normalized spacial score (nSPS) is 27.3. The molecule has 2 aliphatic rings. The molecule has 108 valence electrons. The summed E-state index contributed by atoms with van der Waals surface area (Å²) in [5.74, 6) is -0.451. The molecule has 0 bridgehead atoms. The van der Waals surface area contributed by atoms with Gasteiger partial charge < -0.3 is 14.8 Å². The van der Waals surface area contributed by atoms with Crippen LogP contribution in [0.15, 0.2) is 29.2 Å². The van der Waals surface area contributed by atoms with Crippen LogP contribution in [0.5, 0.6) is 0 Å². The highest BCUT2D eigenvalue weighted by Crippen LogP contribution is 2.36. The Bertz CT molecular complexity index is 493. The largest absolute Gasteiger partial charge is 0.352 e. The quantitative estimate of drug-likeness (QED) is 0.925. The molecule has 1 aromatic rings. The molecular weight excluding hydrogens is 274 g/mol. The molecule has 5 heteroatoms. The number of hydrogen-bond acceptors (Lipinski definition) is 4. The van der Waals surface area contributed by atoms with Gasteiger partial charge in [0.05, 0.1) is 11.9 Å². The minimum absolute atomic E-state index is 0.0252. The topological polar surface area (TPSA) is 47.6 Å². The molecule has 0 spiro atoms. The van der Waals surface area contributed by atoms with E-state index >= 15 is 0 Å². The second kappa shape index (κ2) is 5.39. The van der Waals surface area contributed by atoms with Crippen molar-refractivity contribution in [1.29, 1.82) is 0 Å². The van der Waals surface area contributed by atoms with Gasteiger partial charge in [-0.25, -0.2) is 0 Å². The third-order valence-electron chi connectivity index (χ3n) is 3.51. The third kappa shape index (κ3) is 3.00. The number of carbonyl (C=O) groups excluding carboxylic acids is 1. The van der Waals surface area contributed by atoms with Crippen LogP contribution in [0.1, 0.15) is 19.4 Å². The van der Waals surface area contributed by atoms with Gasteiger partial charge in [0.1, 0.15) is 6.10 Å². The number of amides is 1. The van der Waals surface area contributed by atoms with Crippen LogP contribution < -0.4 is 5.32 Å². The van der Waals surface area contributed by atoms with Gasteiger partial charge in [-0.05, 0) is 31.9 Å². The van der Waals surface area contributed by atoms with E-state index in [9.17, 15) is 4.79 Å². The van der Waals surface area contributed by atoms with Crippen LogP contribution >= 0.6 is 11.8 Å². The molecule has 0 radical (unpaired) electrons. The van der Waals surface area contributed by atoms with Crippen molar-refractivity contribution >= 4 is 17.7 Å². The molecule has 2 aliphatic heterocycles. The fourth-order valence-corrected chi connectivity index (χ4v) is 3.74. The van der Waals surface area contributed by atoms with Crippen molar-refractivity contribution in [3.05, 3.63) is 29.8 Å². The van der Waals surface area contributed by atoms with Crippen molar-refractivity contribution < 1.29 is 14.3 Å². The Hall–Kier alpha value is -1.04. The molecular formula is C15H19NO3S. The van der Waals surface area contributed by atoms with E-state index in [1.807, 2.05) is 26.0 Å². The summed E-state index contributed by atoms with van der Waals surface area (Å²) >= 11 is 1.64. The van der Waals surface area contributed by atoms with Gasteiger partial charge in [-0.15, -0.1) is 11.8 Å². The molecule has 2 unspecified atom stereocenters. The molecule has 1 amide bonds. The predicted molar refractivity (Wildman–Crippen MR) is 77.7 cm³/mol. The first-order valence-corrected chi connectivity index (χ1v) is 7.75. The van der Waals surface area contributed by atoms with Crippen LogP contribution in [0.2, 0.25) is 0 Å². The molecule has 0 aliphatic carbocycles. The van der Waals surface area contributed by atoms with Crippen LogP contribution in [0, 0.1) is 0 Å². The summed E-state index contributed by atoms with van der Waals surface area (Å²) in [6.07, 6.45) is 0.753. The van der Waals surface area contributed by atoms with E-state index in [-0.39, 0.29) is 17.3 Å². The lowest BCUT2D eigenvalue weighted by atomic mass is 10.1. The molecule has 1 N–H and O–H groups in total. The summed E-state index contributed by atoms with van der Waals surface area (Å²) in [5, 5.41) is 2.95. The molecule has 0 aromatic heterocycles. The average Bonchev–Trinajstić information content (AvgIpc) is 2.99. The van der Waals surface area contributed by atoms with Crippen molar-refractivity contribution in [3.8, 4) is 0 Å². The van der Waals surface area contributed by atoms with Crippen LogP contribution in [-0.4, -0.2) is 36.2 Å². The lowest BCUT2D eigenvalue weighted by molar-refractivity contribution is -0.139. The van der Waals surface area contributed by atoms with Crippen molar-refractivity contribution in [2.24, 2.45) is 0 Å². The first kappa shape index (κ1) is 13.9. The Labute approximate surface area is 123 Å². The van der Waals surface area contributed by atoms with E-state index in [1.165, 1.54) is 10.5 Å². The smallest absolute Gasteiger partial charge is 0.233 e. The molecule has 2 atom stereocenters. The fraction of sp³-hybridized carbons (Fsp3) is 0.533. The average molecular weight is 293 g/mol. The van der Waals surface area contributed by atoms with Gasteiger partial charge in [-0.3, -0.25) is 4.79 Å². The fourth-order valence-electron chi connectivity index (χ4n) is 2.52. The number of thioether (sulfide) groups is 1. The van der Waals surface area contributed by atoms with Crippen molar-refractivity contribution in [1.82, 2.24) is 5.32 Å². The summed E-state index contributed by atoms with van der Waals surface area (Å²) < 4.78 is 11.2. The van der Waals surface area contributed by atoms with Crippen LogP contribution in [0.3, 0.4) is 0 Å². The van der Waals surface area contributed by atoms with Gasteiger partial charge in [0, 0.05) is 11.4 Å². The van der Waals surface area contributed by atoms with Gasteiger partial charge in [0.25, 0.3) is 0 Å². The molecule has 4 nitrogen and oxygen atoms in total. The Morgan fingerprint density at radius 1 is 1.45 bits per heavy atom. The number of hydrogen-bond donors (Lipinski definition) is 1. The van der Waals surface area contributed by atoms with Crippen LogP contribution in [0.25, 0.3) is 0 Å². The van der Waals surface area contributed by atoms with Crippen molar-refractivity contribution in [2.75, 3.05) is 13.2 Å². The van der Waals surface area contributed by atoms with E-state index in [1.54, 1.807) is 11.8 Å². The summed E-state index contributed by atoms with van der Waals surface area (Å²) in [6.45, 7) is 4.82. The van der Waals surface area contributed by atoms with E-state index in [2.05, 4.69) is 17.4 Å². The van der Waals surface area contributed by atoms with Gasteiger partial charge in [-0.1, -0.05) is 18.2 Å². The van der Waals surface area contributed by atoms with E-state index in [4.69, 9.17) is 9.47 Å². The monoisotopic (exact) mass is 293 g/mol. The summed E-state index contributed by atoms with van der Waals surface area (Å²) in [7, 11) is 0. The highest BCUT2D eigenvalue weighted by atomic mass is 32.2. The van der Waals surface area contributed by atoms with E-state index < -0.39 is 5.79 Å². The van der Waals surface area contributed by atoms with Crippen molar-refractivity contribution in [3.63, 3.8) is 0 Å². The van der Waals surface area contributed by atoms with E-state index in [0.29, 0.717) is 13.2 Å². The SMILES string of the molecule is CC1(C)OCC(CNC(=O)C2Cc3ccccc3S2)O1. The molecule has 2 heterocycles. The number of ether oxygens (including phenoxy) is 2. The van der Waals surface area contributed by atoms with Gasteiger partial charge in [0.2, 0.25) is 5.91 Å². The number of benzene rings is 1. The number of nitrogens with one attached hydrogen (secondary N) is 1. The second-order valence-corrected chi connectivity index (χ2v) is 6.86. The maximum absolute atomic E-state index is 12.2. The summed E-state index contributed by atoms with van der Waals surface area (Å²) in [5.41, 5.74) is 1.26. The third-order valence-corrected chi connectivity index (χ3v) is 4.83. The lowest BCUT2D eigenvalue weighted by Gasteiger charge is -2.17. The Balaban J connectivity index is 1.50. The highest BCUT2D eigenvalue weighted by Gasteiger charge is 2.34. The van der Waals surface area contributed by atoms with Gasteiger partial charge >= 0.3 is 0 Å². The minimum Gasteiger partial charge on any atom is -0.352 e. The zero-order valence-electron chi connectivity index (χ0n) is 11.7. The summed E-state index contributed by atoms with van der Waals surface area (Å²) in [4.78, 5) is 13.4. The Morgan fingerprint density at radius 2 is 2.25 bits per heavy atom. The first-order valence-electron chi connectivity index (χ1n) is 6.87. The summed E-state index contributed by atoms with van der Waals surface area (Å²) in [6, 6.07) is 8.19. The van der Waals surface area contributed by atoms with Gasteiger partial charge in [0.15, 0.2) is 5.79 Å². The molecule has 1 fully saturated rings. The van der Waals surface area contributed by atoms with Crippen molar-refractivity contribution in [2.45, 2.75) is 42.3 Å². The number of rotatable bonds is 3. The standard InChI is InChI=1S/C15H19NO3S/c1-15(2)18-9-11(19-15)8-16-14(17)13-7-10-5-3-4-6-12(10)20-13/h3-6,11,13H,7-9H2,1-2H3,(H,16,17). The van der Waals surface area contributed by atoms with Crippen LogP contribution in [-0.2, 0) is 20.7 Å². The zero-order chi connectivity index (χ0) is 14.2.